The molecule has 1 aliphatic heterocycles. The van der Waals surface area contributed by atoms with Crippen LogP contribution in [0.3, 0.4) is 0 Å². The number of amides is 2. The number of rotatable bonds is 16. The van der Waals surface area contributed by atoms with E-state index >= 15 is 0 Å². The van der Waals surface area contributed by atoms with Gasteiger partial charge in [0.2, 0.25) is 0 Å². The van der Waals surface area contributed by atoms with Crippen molar-refractivity contribution in [2.75, 3.05) is 32.1 Å². The summed E-state index contributed by atoms with van der Waals surface area (Å²) in [5, 5.41) is 0. The van der Waals surface area contributed by atoms with Crippen LogP contribution in [0, 0.1) is 27.7 Å². The van der Waals surface area contributed by atoms with Crippen LogP contribution in [-0.4, -0.2) is 60.9 Å². The quantitative estimate of drug-likeness (QED) is 0.176. The molecule has 2 amide bonds. The predicted octanol–water partition coefficient (Wildman–Crippen LogP) is 10.0. The first-order valence-electron chi connectivity index (χ1n) is 18.0. The van der Waals surface area contributed by atoms with E-state index < -0.39 is 0 Å². The molecular formula is C40H63N3O2. The van der Waals surface area contributed by atoms with Gasteiger partial charge in [-0.2, -0.15) is 0 Å². The first kappa shape index (κ1) is 36.6. The lowest BCUT2D eigenvalue weighted by molar-refractivity contribution is 0.0726. The molecule has 45 heavy (non-hydrogen) atoms. The molecule has 0 N–H and O–H groups in total. The minimum Gasteiger partial charge on any atom is -0.371 e. The van der Waals surface area contributed by atoms with Crippen LogP contribution < -0.4 is 4.90 Å². The zero-order valence-corrected chi connectivity index (χ0v) is 30.4. The Kier molecular flexibility index (Phi) is 14.0. The number of carbonyl (C=O) groups is 2. The number of unbranched alkanes of at least 4 members (excludes halogenated alkanes) is 6. The average molecular weight is 618 g/mol. The second-order valence-electron chi connectivity index (χ2n) is 13.9. The Morgan fingerprint density at radius 1 is 0.689 bits per heavy atom. The normalized spacial score (nSPS) is 14.5. The lowest BCUT2D eigenvalue weighted by Crippen LogP contribution is -2.37. The Balaban J connectivity index is 1.97. The van der Waals surface area contributed by atoms with Crippen molar-refractivity contribution < 1.29 is 9.59 Å². The van der Waals surface area contributed by atoms with Crippen molar-refractivity contribution in [1.82, 2.24) is 9.80 Å². The molecule has 1 saturated heterocycles. The summed E-state index contributed by atoms with van der Waals surface area (Å²) in [4.78, 5) is 34.2. The van der Waals surface area contributed by atoms with E-state index in [1.54, 1.807) is 0 Å². The third-order valence-corrected chi connectivity index (χ3v) is 10.8. The Hall–Kier alpha value is -2.82. The lowest BCUT2D eigenvalue weighted by Gasteiger charge is -2.31. The number of hydrogen-bond donors (Lipinski definition) is 0. The topological polar surface area (TPSA) is 43.9 Å². The van der Waals surface area contributed by atoms with Crippen LogP contribution in [0.2, 0.25) is 0 Å². The zero-order valence-electron chi connectivity index (χ0n) is 30.4. The molecule has 0 radical (unpaired) electrons. The minimum atomic E-state index is 0.101. The molecule has 5 nitrogen and oxygen atoms in total. The van der Waals surface area contributed by atoms with Gasteiger partial charge in [0.15, 0.2) is 0 Å². The average Bonchev–Trinajstić information content (AvgIpc) is 3.57. The van der Waals surface area contributed by atoms with Crippen molar-refractivity contribution in [3.05, 3.63) is 51.6 Å². The van der Waals surface area contributed by atoms with Crippen molar-refractivity contribution in [2.45, 2.75) is 145 Å². The van der Waals surface area contributed by atoms with Gasteiger partial charge in [0.05, 0.1) is 11.3 Å². The summed E-state index contributed by atoms with van der Waals surface area (Å²) in [6.45, 7) is 19.3. The maximum absolute atomic E-state index is 14.2. The van der Waals surface area contributed by atoms with E-state index in [-0.39, 0.29) is 23.9 Å². The maximum atomic E-state index is 14.2. The smallest absolute Gasteiger partial charge is 0.256 e. The fourth-order valence-corrected chi connectivity index (χ4v) is 6.89. The SMILES string of the molecule is CCCCCCC(C)N(C)C(=O)c1ccc(-c2cc(N3CCCC3)c(C(=O)N(C)C(C)CCCCCC)c(C)c2C)c(C)c1C. The van der Waals surface area contributed by atoms with Crippen LogP contribution in [0.15, 0.2) is 18.2 Å². The van der Waals surface area contributed by atoms with Gasteiger partial charge in [-0.05, 0) is 113 Å². The fourth-order valence-electron chi connectivity index (χ4n) is 6.89. The van der Waals surface area contributed by atoms with E-state index in [1.165, 1.54) is 44.1 Å². The highest BCUT2D eigenvalue weighted by atomic mass is 16.2. The highest BCUT2D eigenvalue weighted by Crippen LogP contribution is 2.39. The van der Waals surface area contributed by atoms with Gasteiger partial charge in [-0.15, -0.1) is 0 Å². The number of nitrogens with zero attached hydrogens (tertiary/aromatic N) is 3. The van der Waals surface area contributed by atoms with Gasteiger partial charge in [0, 0.05) is 44.8 Å². The van der Waals surface area contributed by atoms with E-state index in [2.05, 4.69) is 72.4 Å². The highest BCUT2D eigenvalue weighted by Gasteiger charge is 2.29. The molecule has 0 spiro atoms. The second kappa shape index (κ2) is 17.2. The molecule has 0 aliphatic carbocycles. The van der Waals surface area contributed by atoms with Crippen molar-refractivity contribution in [3.63, 3.8) is 0 Å². The van der Waals surface area contributed by atoms with Crippen LogP contribution in [0.4, 0.5) is 5.69 Å². The van der Waals surface area contributed by atoms with Crippen molar-refractivity contribution in [3.8, 4) is 11.1 Å². The predicted molar refractivity (Wildman–Crippen MR) is 193 cm³/mol. The first-order chi connectivity index (χ1) is 21.5. The van der Waals surface area contributed by atoms with Crippen molar-refractivity contribution >= 4 is 17.5 Å². The molecule has 2 atom stereocenters. The van der Waals surface area contributed by atoms with Crippen molar-refractivity contribution in [2.24, 2.45) is 0 Å². The number of anilines is 1. The molecule has 1 heterocycles. The van der Waals surface area contributed by atoms with Gasteiger partial charge in [0.1, 0.15) is 0 Å². The summed E-state index contributed by atoms with van der Waals surface area (Å²) in [6.07, 6.45) is 14.1. The summed E-state index contributed by atoms with van der Waals surface area (Å²) in [6, 6.07) is 6.85. The summed E-state index contributed by atoms with van der Waals surface area (Å²) >= 11 is 0. The molecule has 2 aromatic rings. The monoisotopic (exact) mass is 617 g/mol. The molecule has 0 saturated carbocycles. The van der Waals surface area contributed by atoms with Gasteiger partial charge in [-0.25, -0.2) is 0 Å². The number of carbonyl (C=O) groups excluding carboxylic acids is 2. The van der Waals surface area contributed by atoms with Gasteiger partial charge in [-0.3, -0.25) is 9.59 Å². The molecule has 0 aromatic heterocycles. The maximum Gasteiger partial charge on any atom is 0.256 e. The minimum absolute atomic E-state index is 0.101. The third-order valence-electron chi connectivity index (χ3n) is 10.8. The Morgan fingerprint density at radius 2 is 1.20 bits per heavy atom. The van der Waals surface area contributed by atoms with Crippen LogP contribution in [0.5, 0.6) is 0 Å². The molecule has 250 valence electrons. The summed E-state index contributed by atoms with van der Waals surface area (Å²) < 4.78 is 0. The lowest BCUT2D eigenvalue weighted by atomic mass is 9.86. The van der Waals surface area contributed by atoms with E-state index in [1.807, 2.05) is 30.0 Å². The van der Waals surface area contributed by atoms with Crippen molar-refractivity contribution in [1.29, 1.82) is 0 Å². The second-order valence-corrected chi connectivity index (χ2v) is 13.9. The first-order valence-corrected chi connectivity index (χ1v) is 18.0. The Labute approximate surface area is 275 Å². The van der Waals surface area contributed by atoms with Gasteiger partial charge in [0.25, 0.3) is 11.8 Å². The number of benzene rings is 2. The van der Waals surface area contributed by atoms with Crippen LogP contribution in [0.1, 0.15) is 148 Å². The molecule has 1 fully saturated rings. The summed E-state index contributed by atoms with van der Waals surface area (Å²) in [7, 11) is 3.93. The molecule has 2 unspecified atom stereocenters. The summed E-state index contributed by atoms with van der Waals surface area (Å²) in [5.74, 6) is 0.233. The third kappa shape index (κ3) is 8.71. The standard InChI is InChI=1S/C40H63N3O2/c1-11-13-15-17-21-28(3)41(9)39(44)35-24-23-34(30(5)31(35)6)36-27-37(43-25-19-20-26-43)38(33(8)32(36)7)40(45)42(10)29(4)22-18-16-14-12-2/h23-24,27-29H,11-22,25-26H2,1-10H3. The Morgan fingerprint density at radius 3 is 1.73 bits per heavy atom. The molecule has 0 bridgehead atoms. The molecule has 5 heteroatoms. The number of hydrogen-bond acceptors (Lipinski definition) is 3. The van der Waals surface area contributed by atoms with E-state index in [0.717, 1.165) is 96.2 Å². The zero-order chi connectivity index (χ0) is 33.3. The van der Waals surface area contributed by atoms with Crippen LogP contribution in [0.25, 0.3) is 11.1 Å². The van der Waals surface area contributed by atoms with E-state index in [9.17, 15) is 9.59 Å². The van der Waals surface area contributed by atoms with Gasteiger partial charge >= 0.3 is 0 Å². The van der Waals surface area contributed by atoms with Gasteiger partial charge < -0.3 is 14.7 Å². The highest BCUT2D eigenvalue weighted by molar-refractivity contribution is 6.03. The molecule has 1 aliphatic rings. The van der Waals surface area contributed by atoms with Crippen LogP contribution in [-0.2, 0) is 0 Å². The van der Waals surface area contributed by atoms with Gasteiger partial charge in [-0.1, -0.05) is 71.3 Å². The van der Waals surface area contributed by atoms with E-state index in [0.29, 0.717) is 0 Å². The largest absolute Gasteiger partial charge is 0.371 e. The molecular weight excluding hydrogens is 554 g/mol. The fraction of sp³-hybridized carbons (Fsp3) is 0.650. The summed E-state index contributed by atoms with van der Waals surface area (Å²) in [5.41, 5.74) is 9.41. The van der Waals surface area contributed by atoms with Crippen LogP contribution >= 0.6 is 0 Å². The molecule has 3 rings (SSSR count). The Bertz CT molecular complexity index is 1290. The van der Waals surface area contributed by atoms with E-state index in [4.69, 9.17) is 0 Å². The molecule has 2 aromatic carbocycles.